The molecule has 0 amide bonds. The standard InChI is InChI=1S/C17H19ClFNO3S2/c1-12-10-13(6-7-17(12)23-2)25(21,22)20-8-9-24-11-14-15(18)4-3-5-16(14)19/h3-7,10,20H,8-9,11H2,1-2H3. The van der Waals surface area contributed by atoms with Crippen molar-refractivity contribution in [1.29, 1.82) is 0 Å². The lowest BCUT2D eigenvalue weighted by Crippen LogP contribution is -2.26. The van der Waals surface area contributed by atoms with Crippen molar-refractivity contribution < 1.29 is 17.5 Å². The molecule has 0 aliphatic rings. The number of methoxy groups -OCH3 is 1. The largest absolute Gasteiger partial charge is 0.496 e. The van der Waals surface area contributed by atoms with Crippen LogP contribution in [0, 0.1) is 12.7 Å². The Morgan fingerprint density at radius 3 is 2.68 bits per heavy atom. The topological polar surface area (TPSA) is 55.4 Å². The van der Waals surface area contributed by atoms with Crippen LogP contribution in [0.25, 0.3) is 0 Å². The van der Waals surface area contributed by atoms with Crippen molar-refractivity contribution in [3.8, 4) is 5.75 Å². The maximum Gasteiger partial charge on any atom is 0.240 e. The fourth-order valence-electron chi connectivity index (χ4n) is 2.19. The average Bonchev–Trinajstić information content (AvgIpc) is 2.56. The molecule has 4 nitrogen and oxygen atoms in total. The third-order valence-corrected chi connectivity index (χ3v) is 6.32. The van der Waals surface area contributed by atoms with Crippen molar-refractivity contribution in [2.75, 3.05) is 19.4 Å². The number of benzene rings is 2. The highest BCUT2D eigenvalue weighted by atomic mass is 35.5. The molecule has 0 spiro atoms. The van der Waals surface area contributed by atoms with Crippen LogP contribution in [-0.2, 0) is 15.8 Å². The number of nitrogens with one attached hydrogen (secondary N) is 1. The van der Waals surface area contributed by atoms with Gasteiger partial charge >= 0.3 is 0 Å². The maximum absolute atomic E-state index is 13.7. The number of thioether (sulfide) groups is 1. The van der Waals surface area contributed by atoms with E-state index in [2.05, 4.69) is 4.72 Å². The fourth-order valence-corrected chi connectivity index (χ4v) is 4.64. The minimum atomic E-state index is -3.59. The molecule has 0 aliphatic heterocycles. The zero-order chi connectivity index (χ0) is 18.4. The number of aryl methyl sites for hydroxylation is 1. The summed E-state index contributed by atoms with van der Waals surface area (Å²) in [5.74, 6) is 1.17. The summed E-state index contributed by atoms with van der Waals surface area (Å²) in [6, 6.07) is 9.23. The van der Waals surface area contributed by atoms with Crippen molar-refractivity contribution in [2.24, 2.45) is 0 Å². The van der Waals surface area contributed by atoms with Gasteiger partial charge in [-0.05, 0) is 42.8 Å². The summed E-state index contributed by atoms with van der Waals surface area (Å²) in [6.45, 7) is 2.02. The Balaban J connectivity index is 1.87. The second-order valence-corrected chi connectivity index (χ2v) is 8.56. The van der Waals surface area contributed by atoms with Crippen molar-refractivity contribution in [3.05, 3.63) is 58.4 Å². The third-order valence-electron chi connectivity index (χ3n) is 3.52. The summed E-state index contributed by atoms with van der Waals surface area (Å²) >= 11 is 7.37. The zero-order valence-electron chi connectivity index (χ0n) is 13.9. The van der Waals surface area contributed by atoms with Crippen molar-refractivity contribution in [1.82, 2.24) is 4.72 Å². The monoisotopic (exact) mass is 403 g/mol. The van der Waals surface area contributed by atoms with Crippen LogP contribution < -0.4 is 9.46 Å². The van der Waals surface area contributed by atoms with Gasteiger partial charge in [-0.25, -0.2) is 17.5 Å². The first-order chi connectivity index (χ1) is 11.8. The lowest BCUT2D eigenvalue weighted by Gasteiger charge is -2.10. The molecule has 0 unspecified atom stereocenters. The van der Waals surface area contributed by atoms with E-state index < -0.39 is 10.0 Å². The second-order valence-electron chi connectivity index (χ2n) is 5.28. The Hall–Kier alpha value is -1.28. The number of sulfonamides is 1. The molecule has 0 radical (unpaired) electrons. The predicted octanol–water partition coefficient (Wildman–Crippen LogP) is 4.01. The summed E-state index contributed by atoms with van der Waals surface area (Å²) in [5.41, 5.74) is 1.18. The molecule has 0 saturated carbocycles. The smallest absolute Gasteiger partial charge is 0.240 e. The molecule has 0 atom stereocenters. The lowest BCUT2D eigenvalue weighted by atomic mass is 10.2. The van der Waals surface area contributed by atoms with Gasteiger partial charge in [0.25, 0.3) is 0 Å². The second kappa shape index (κ2) is 8.89. The molecule has 25 heavy (non-hydrogen) atoms. The Bertz CT molecular complexity index is 824. The van der Waals surface area contributed by atoms with Gasteiger partial charge in [0, 0.05) is 28.6 Å². The van der Waals surface area contributed by atoms with E-state index in [-0.39, 0.29) is 17.3 Å². The molecule has 0 saturated heterocycles. The molecule has 0 aliphatic carbocycles. The Morgan fingerprint density at radius 1 is 1.28 bits per heavy atom. The van der Waals surface area contributed by atoms with Crippen LogP contribution in [0.2, 0.25) is 5.02 Å². The summed E-state index contributed by atoms with van der Waals surface area (Å²) < 4.78 is 45.9. The summed E-state index contributed by atoms with van der Waals surface area (Å²) in [7, 11) is -2.05. The number of halogens is 2. The summed E-state index contributed by atoms with van der Waals surface area (Å²) in [6.07, 6.45) is 0. The number of ether oxygens (including phenoxy) is 1. The van der Waals surface area contributed by atoms with Crippen molar-refractivity contribution >= 4 is 33.4 Å². The van der Waals surface area contributed by atoms with E-state index in [0.717, 1.165) is 5.56 Å². The summed E-state index contributed by atoms with van der Waals surface area (Å²) in [5, 5.41) is 0.377. The van der Waals surface area contributed by atoms with Gasteiger partial charge in [-0.15, -0.1) is 0 Å². The summed E-state index contributed by atoms with van der Waals surface area (Å²) in [4.78, 5) is 0.188. The van der Waals surface area contributed by atoms with E-state index >= 15 is 0 Å². The fraction of sp³-hybridized carbons (Fsp3) is 0.294. The molecule has 0 fully saturated rings. The molecular weight excluding hydrogens is 385 g/mol. The molecule has 2 rings (SSSR count). The van der Waals surface area contributed by atoms with Crippen LogP contribution in [0.1, 0.15) is 11.1 Å². The number of rotatable bonds is 8. The Morgan fingerprint density at radius 2 is 2.04 bits per heavy atom. The van der Waals surface area contributed by atoms with Crippen LogP contribution in [0.3, 0.4) is 0 Å². The Kier molecular flexibility index (Phi) is 7.13. The molecule has 0 heterocycles. The van der Waals surface area contributed by atoms with Crippen molar-refractivity contribution in [2.45, 2.75) is 17.6 Å². The van der Waals surface area contributed by atoms with E-state index in [9.17, 15) is 12.8 Å². The third kappa shape index (κ3) is 5.34. The first-order valence-corrected chi connectivity index (χ1v) is 10.5. The van der Waals surface area contributed by atoms with Gasteiger partial charge in [-0.1, -0.05) is 17.7 Å². The van der Waals surface area contributed by atoms with Crippen LogP contribution in [-0.4, -0.2) is 27.8 Å². The quantitative estimate of drug-likeness (QED) is 0.676. The van der Waals surface area contributed by atoms with E-state index in [4.69, 9.17) is 16.3 Å². The first kappa shape index (κ1) is 20.0. The molecule has 1 N–H and O–H groups in total. The van der Waals surface area contributed by atoms with E-state index in [1.807, 2.05) is 0 Å². The van der Waals surface area contributed by atoms with Crippen LogP contribution >= 0.6 is 23.4 Å². The normalized spacial score (nSPS) is 11.5. The Labute approximate surface area is 156 Å². The van der Waals surface area contributed by atoms with E-state index in [0.29, 0.717) is 27.8 Å². The van der Waals surface area contributed by atoms with Gasteiger partial charge in [0.2, 0.25) is 10.0 Å². The minimum Gasteiger partial charge on any atom is -0.496 e. The van der Waals surface area contributed by atoms with Gasteiger partial charge in [0.1, 0.15) is 11.6 Å². The highest BCUT2D eigenvalue weighted by molar-refractivity contribution is 7.98. The van der Waals surface area contributed by atoms with Gasteiger partial charge < -0.3 is 4.74 Å². The van der Waals surface area contributed by atoms with E-state index in [1.165, 1.54) is 31.0 Å². The lowest BCUT2D eigenvalue weighted by molar-refractivity contribution is 0.411. The molecule has 0 aromatic heterocycles. The molecule has 136 valence electrons. The molecular formula is C17H19ClFNO3S2. The van der Waals surface area contributed by atoms with E-state index in [1.54, 1.807) is 31.2 Å². The van der Waals surface area contributed by atoms with Gasteiger partial charge in [-0.3, -0.25) is 0 Å². The first-order valence-electron chi connectivity index (χ1n) is 7.50. The SMILES string of the molecule is COc1ccc(S(=O)(=O)NCCSCc2c(F)cccc2Cl)cc1C. The van der Waals surface area contributed by atoms with Gasteiger partial charge in [0.15, 0.2) is 0 Å². The van der Waals surface area contributed by atoms with Crippen molar-refractivity contribution in [3.63, 3.8) is 0 Å². The predicted molar refractivity (Wildman–Crippen MR) is 100 cm³/mol. The minimum absolute atomic E-state index is 0.188. The molecule has 8 heteroatoms. The maximum atomic E-state index is 13.7. The van der Waals surface area contributed by atoms with Gasteiger partial charge in [0.05, 0.1) is 12.0 Å². The molecule has 2 aromatic rings. The number of hydrogen-bond acceptors (Lipinski definition) is 4. The van der Waals surface area contributed by atoms with Gasteiger partial charge in [-0.2, -0.15) is 11.8 Å². The molecule has 2 aromatic carbocycles. The zero-order valence-corrected chi connectivity index (χ0v) is 16.3. The van der Waals surface area contributed by atoms with Crippen LogP contribution in [0.4, 0.5) is 4.39 Å². The van der Waals surface area contributed by atoms with Crippen LogP contribution in [0.5, 0.6) is 5.75 Å². The average molecular weight is 404 g/mol. The number of hydrogen-bond donors (Lipinski definition) is 1. The van der Waals surface area contributed by atoms with Crippen LogP contribution in [0.15, 0.2) is 41.3 Å². The highest BCUT2D eigenvalue weighted by Gasteiger charge is 2.15. The molecule has 0 bridgehead atoms. The highest BCUT2D eigenvalue weighted by Crippen LogP contribution is 2.24.